The van der Waals surface area contributed by atoms with Crippen molar-refractivity contribution in [3.05, 3.63) is 35.9 Å². The van der Waals surface area contributed by atoms with Crippen LogP contribution < -0.4 is 38.9 Å². The van der Waals surface area contributed by atoms with E-state index in [2.05, 4.69) is 16.0 Å². The molecule has 5 amide bonds. The van der Waals surface area contributed by atoms with Gasteiger partial charge in [-0.25, -0.2) is 4.79 Å². The van der Waals surface area contributed by atoms with Crippen LogP contribution in [0.2, 0.25) is 0 Å². The molecule has 0 saturated heterocycles. The molecule has 0 heterocycles. The minimum absolute atomic E-state index is 0.0160. The number of nitrogens with one attached hydrogen (secondary N) is 3. The van der Waals surface area contributed by atoms with Crippen molar-refractivity contribution in [2.75, 3.05) is 6.54 Å². The Balaban J connectivity index is 3.10. The number of hydrogen-bond donors (Lipinski definition) is 8. The molecule has 12 N–H and O–H groups in total. The van der Waals surface area contributed by atoms with Crippen molar-refractivity contribution >= 4 is 35.5 Å². The van der Waals surface area contributed by atoms with Gasteiger partial charge in [0.2, 0.25) is 29.5 Å². The number of primary amides is 2. The Hall–Kier alpha value is -4.04. The number of nitrogens with two attached hydrogens (primary N) is 4. The first-order valence-corrected chi connectivity index (χ1v) is 12.6. The third-order valence-electron chi connectivity index (χ3n) is 5.83. The van der Waals surface area contributed by atoms with Crippen LogP contribution in [0.25, 0.3) is 0 Å². The predicted octanol–water partition coefficient (Wildman–Crippen LogP) is -2.24. The molecule has 0 radical (unpaired) electrons. The smallest absolute Gasteiger partial charge is 0.326 e. The molecule has 14 heteroatoms. The lowest BCUT2D eigenvalue weighted by molar-refractivity contribution is -0.142. The van der Waals surface area contributed by atoms with Crippen molar-refractivity contribution in [1.82, 2.24) is 16.0 Å². The van der Waals surface area contributed by atoms with Crippen LogP contribution in [0.4, 0.5) is 0 Å². The molecule has 0 saturated carbocycles. The Bertz CT molecular complexity index is 990. The zero-order chi connectivity index (χ0) is 29.4. The zero-order valence-electron chi connectivity index (χ0n) is 21.8. The topological polar surface area (TPSA) is 263 Å². The largest absolute Gasteiger partial charge is 0.480 e. The summed E-state index contributed by atoms with van der Waals surface area (Å²) in [7, 11) is 0. The summed E-state index contributed by atoms with van der Waals surface area (Å²) in [6, 6.07) is 3.83. The molecule has 14 nitrogen and oxygen atoms in total. The molecule has 4 atom stereocenters. The number of aliphatic carboxylic acids is 1. The minimum atomic E-state index is -1.30. The number of amides is 5. The van der Waals surface area contributed by atoms with Crippen LogP contribution in [0.15, 0.2) is 30.3 Å². The number of hydrogen-bond acceptors (Lipinski definition) is 8. The van der Waals surface area contributed by atoms with Crippen molar-refractivity contribution in [2.45, 2.75) is 75.5 Å². The first kappa shape index (κ1) is 33.0. The van der Waals surface area contributed by atoms with Crippen LogP contribution in [0, 0.1) is 0 Å². The molecule has 0 aromatic heterocycles. The lowest BCUT2D eigenvalue weighted by Gasteiger charge is -2.25. The number of benzene rings is 1. The summed E-state index contributed by atoms with van der Waals surface area (Å²) in [5, 5.41) is 17.0. The maximum Gasteiger partial charge on any atom is 0.326 e. The molecule has 4 unspecified atom stereocenters. The van der Waals surface area contributed by atoms with Crippen LogP contribution in [0.3, 0.4) is 0 Å². The van der Waals surface area contributed by atoms with Gasteiger partial charge in [-0.2, -0.15) is 0 Å². The van der Waals surface area contributed by atoms with Crippen LogP contribution in [0.5, 0.6) is 0 Å². The molecule has 216 valence electrons. The molecular weight excluding hydrogens is 510 g/mol. The molecule has 0 aliphatic rings. The van der Waals surface area contributed by atoms with Crippen LogP contribution in [-0.2, 0) is 35.2 Å². The van der Waals surface area contributed by atoms with E-state index in [1.165, 1.54) is 0 Å². The van der Waals surface area contributed by atoms with Gasteiger partial charge in [-0.15, -0.1) is 0 Å². The van der Waals surface area contributed by atoms with E-state index in [9.17, 15) is 33.9 Å². The average molecular weight is 550 g/mol. The number of carboxylic acids is 1. The average Bonchev–Trinajstić information content (AvgIpc) is 2.88. The standard InChI is InChI=1S/C25H39N7O7/c26-13-5-4-8-18(25(38)39)31-24(37)19(14-15-6-2-1-3-7-15)32-23(36)17(10-12-21(29)34)30-22(35)16(27)9-11-20(28)33/h1-3,6-7,16-19H,4-5,8-14,26-27H2,(H2,28,33)(H2,29,34)(H,30,35)(H,31,37)(H,32,36)(H,38,39). The first-order valence-electron chi connectivity index (χ1n) is 12.6. The van der Waals surface area contributed by atoms with Crippen molar-refractivity contribution in [1.29, 1.82) is 0 Å². The van der Waals surface area contributed by atoms with Gasteiger partial charge >= 0.3 is 5.97 Å². The molecule has 1 rings (SSSR count). The SMILES string of the molecule is NCCCCC(NC(=O)C(Cc1ccccc1)NC(=O)C(CCC(N)=O)NC(=O)C(N)CCC(N)=O)C(=O)O. The molecule has 0 bridgehead atoms. The molecular formula is C25H39N7O7. The number of rotatable bonds is 19. The van der Waals surface area contributed by atoms with E-state index in [0.29, 0.717) is 24.9 Å². The Morgan fingerprint density at radius 2 is 1.26 bits per heavy atom. The Morgan fingerprint density at radius 1 is 0.718 bits per heavy atom. The van der Waals surface area contributed by atoms with Crippen LogP contribution >= 0.6 is 0 Å². The fourth-order valence-electron chi connectivity index (χ4n) is 3.62. The fourth-order valence-corrected chi connectivity index (χ4v) is 3.62. The van der Waals surface area contributed by atoms with Crippen LogP contribution in [-0.4, -0.2) is 71.3 Å². The predicted molar refractivity (Wildman–Crippen MR) is 141 cm³/mol. The molecule has 0 aliphatic carbocycles. The monoisotopic (exact) mass is 549 g/mol. The van der Waals surface area contributed by atoms with Gasteiger partial charge in [-0.05, 0) is 44.2 Å². The molecule has 0 spiro atoms. The van der Waals surface area contributed by atoms with Gasteiger partial charge in [0.25, 0.3) is 0 Å². The third kappa shape index (κ3) is 13.4. The second-order valence-electron chi connectivity index (χ2n) is 9.11. The fraction of sp³-hybridized carbons (Fsp3) is 0.520. The number of carbonyl (C=O) groups is 6. The zero-order valence-corrected chi connectivity index (χ0v) is 21.8. The van der Waals surface area contributed by atoms with Crippen molar-refractivity contribution in [2.24, 2.45) is 22.9 Å². The highest BCUT2D eigenvalue weighted by Crippen LogP contribution is 2.08. The first-order chi connectivity index (χ1) is 18.4. The van der Waals surface area contributed by atoms with Gasteiger partial charge in [-0.1, -0.05) is 30.3 Å². The van der Waals surface area contributed by atoms with E-state index < -0.39 is 59.7 Å². The maximum atomic E-state index is 13.2. The van der Waals surface area contributed by atoms with Gasteiger partial charge in [-0.3, -0.25) is 24.0 Å². The summed E-state index contributed by atoms with van der Waals surface area (Å²) in [5.74, 6) is -4.93. The van der Waals surface area contributed by atoms with Gasteiger partial charge in [0.05, 0.1) is 6.04 Å². The Morgan fingerprint density at radius 3 is 1.82 bits per heavy atom. The van der Waals surface area contributed by atoms with Crippen molar-refractivity contribution < 1.29 is 33.9 Å². The second-order valence-corrected chi connectivity index (χ2v) is 9.11. The lowest BCUT2D eigenvalue weighted by Crippen LogP contribution is -2.57. The van der Waals surface area contributed by atoms with E-state index in [1.54, 1.807) is 30.3 Å². The van der Waals surface area contributed by atoms with E-state index in [4.69, 9.17) is 22.9 Å². The van der Waals surface area contributed by atoms with E-state index in [0.717, 1.165) is 0 Å². The molecule has 39 heavy (non-hydrogen) atoms. The third-order valence-corrected chi connectivity index (χ3v) is 5.83. The summed E-state index contributed by atoms with van der Waals surface area (Å²) in [6.45, 7) is 0.373. The van der Waals surface area contributed by atoms with E-state index >= 15 is 0 Å². The molecule has 0 fully saturated rings. The molecule has 1 aromatic carbocycles. The van der Waals surface area contributed by atoms with Gasteiger partial charge in [0.15, 0.2) is 0 Å². The van der Waals surface area contributed by atoms with E-state index in [-0.39, 0.29) is 38.5 Å². The highest BCUT2D eigenvalue weighted by Gasteiger charge is 2.30. The summed E-state index contributed by atoms with van der Waals surface area (Å²) in [5.41, 5.74) is 22.2. The summed E-state index contributed by atoms with van der Waals surface area (Å²) in [4.78, 5) is 73.0. The highest BCUT2D eigenvalue weighted by atomic mass is 16.4. The summed E-state index contributed by atoms with van der Waals surface area (Å²) < 4.78 is 0. The van der Waals surface area contributed by atoms with Gasteiger partial charge in [0.1, 0.15) is 18.1 Å². The lowest BCUT2D eigenvalue weighted by atomic mass is 10.0. The van der Waals surface area contributed by atoms with Crippen molar-refractivity contribution in [3.63, 3.8) is 0 Å². The molecule has 1 aromatic rings. The Labute approximate surface area is 226 Å². The van der Waals surface area contributed by atoms with E-state index in [1.807, 2.05) is 0 Å². The van der Waals surface area contributed by atoms with Gasteiger partial charge in [0, 0.05) is 19.3 Å². The van der Waals surface area contributed by atoms with Crippen molar-refractivity contribution in [3.8, 4) is 0 Å². The normalized spacial score (nSPS) is 13.8. The second kappa shape index (κ2) is 17.5. The summed E-state index contributed by atoms with van der Waals surface area (Å²) >= 11 is 0. The number of carbonyl (C=O) groups excluding carboxylic acids is 5. The summed E-state index contributed by atoms with van der Waals surface area (Å²) in [6.07, 6.45) is 0.548. The maximum absolute atomic E-state index is 13.2. The highest BCUT2D eigenvalue weighted by molar-refractivity contribution is 5.94. The Kier molecular flexibility index (Phi) is 14.8. The molecule has 0 aliphatic heterocycles. The van der Waals surface area contributed by atoms with Crippen LogP contribution in [0.1, 0.15) is 50.5 Å². The number of unbranched alkanes of at least 4 members (excludes halogenated alkanes) is 1. The van der Waals surface area contributed by atoms with Gasteiger partial charge < -0.3 is 44.0 Å². The minimum Gasteiger partial charge on any atom is -0.480 e. The quantitative estimate of drug-likeness (QED) is 0.0865. The number of carboxylic acid groups (broad SMARTS) is 1.